The van der Waals surface area contributed by atoms with Gasteiger partial charge in [-0.25, -0.2) is 14.0 Å². The van der Waals surface area contributed by atoms with Crippen molar-refractivity contribution >= 4 is 29.4 Å². The minimum atomic E-state index is -1.63. The van der Waals surface area contributed by atoms with Gasteiger partial charge in [0.2, 0.25) is 0 Å². The molecule has 0 amide bonds. The summed E-state index contributed by atoms with van der Waals surface area (Å²) in [5, 5.41) is 19.1. The van der Waals surface area contributed by atoms with Gasteiger partial charge in [-0.05, 0) is 29.8 Å². The van der Waals surface area contributed by atoms with Crippen molar-refractivity contribution in [3.05, 3.63) is 80.3 Å². The first-order valence-corrected chi connectivity index (χ1v) is 8.77. The quantitative estimate of drug-likeness (QED) is 0.467. The van der Waals surface area contributed by atoms with E-state index in [0.717, 1.165) is 0 Å². The Morgan fingerprint density at radius 1 is 1.10 bits per heavy atom. The Morgan fingerprint density at radius 2 is 1.77 bits per heavy atom. The molecule has 0 aliphatic heterocycles. The van der Waals surface area contributed by atoms with Crippen molar-refractivity contribution in [1.29, 1.82) is 0 Å². The molecule has 1 heterocycles. The lowest BCUT2D eigenvalue weighted by molar-refractivity contribution is 0.0695. The van der Waals surface area contributed by atoms with E-state index in [0.29, 0.717) is 0 Å². The number of carboxylic acid groups (broad SMARTS) is 2. The van der Waals surface area contributed by atoms with Gasteiger partial charge in [0, 0.05) is 11.1 Å². The lowest BCUT2D eigenvalue weighted by atomic mass is 9.95. The van der Waals surface area contributed by atoms with Gasteiger partial charge in [0.25, 0.3) is 5.56 Å². The second-order valence-corrected chi connectivity index (χ2v) is 6.53. The van der Waals surface area contributed by atoms with Crippen molar-refractivity contribution in [2.75, 3.05) is 5.73 Å². The number of aromatic nitrogens is 1. The molecule has 0 atom stereocenters. The highest BCUT2D eigenvalue weighted by atomic mass is 35.5. The number of aromatic amines is 1. The van der Waals surface area contributed by atoms with E-state index in [2.05, 4.69) is 0 Å². The van der Waals surface area contributed by atoms with Gasteiger partial charge in [-0.1, -0.05) is 29.8 Å². The van der Waals surface area contributed by atoms with Crippen molar-refractivity contribution in [2.24, 2.45) is 0 Å². The Kier molecular flexibility index (Phi) is 5.74. The highest BCUT2D eigenvalue weighted by molar-refractivity contribution is 6.31. The summed E-state index contributed by atoms with van der Waals surface area (Å²) < 4.78 is 19.5. The van der Waals surface area contributed by atoms with Crippen molar-refractivity contribution in [3.8, 4) is 16.9 Å². The lowest BCUT2D eigenvalue weighted by Gasteiger charge is -2.14. The number of nitrogens with two attached hydrogens (primary N) is 1. The fourth-order valence-electron chi connectivity index (χ4n) is 2.90. The van der Waals surface area contributed by atoms with Gasteiger partial charge in [-0.2, -0.15) is 0 Å². The predicted molar refractivity (Wildman–Crippen MR) is 107 cm³/mol. The fourth-order valence-corrected chi connectivity index (χ4v) is 3.12. The molecule has 10 heteroatoms. The van der Waals surface area contributed by atoms with Crippen LogP contribution in [0.25, 0.3) is 11.1 Å². The molecular weight excluding hydrogens is 419 g/mol. The summed E-state index contributed by atoms with van der Waals surface area (Å²) in [6.45, 7) is -0.232. The van der Waals surface area contributed by atoms with Crippen LogP contribution in [0.1, 0.15) is 26.3 Å². The van der Waals surface area contributed by atoms with Crippen LogP contribution in [0, 0.1) is 5.82 Å². The fraction of sp³-hybridized carbons (Fsp3) is 0.0500. The van der Waals surface area contributed by atoms with Crippen LogP contribution in [-0.4, -0.2) is 27.1 Å². The van der Waals surface area contributed by atoms with E-state index in [9.17, 15) is 29.0 Å². The number of anilines is 1. The summed E-state index contributed by atoms with van der Waals surface area (Å²) in [7, 11) is 0. The molecule has 0 aliphatic carbocycles. The van der Waals surface area contributed by atoms with Crippen LogP contribution in [-0.2, 0) is 6.61 Å². The molecule has 0 bridgehead atoms. The maximum absolute atomic E-state index is 13.9. The summed E-state index contributed by atoms with van der Waals surface area (Å²) in [6.07, 6.45) is 0. The zero-order valence-corrected chi connectivity index (χ0v) is 15.9. The molecular formula is C20H14ClFN2O6. The molecule has 0 unspecified atom stereocenters. The number of carboxylic acids is 2. The normalized spacial score (nSPS) is 10.6. The van der Waals surface area contributed by atoms with Crippen molar-refractivity contribution in [3.63, 3.8) is 0 Å². The molecule has 0 spiro atoms. The maximum Gasteiger partial charge on any atom is 0.342 e. The molecule has 3 rings (SSSR count). The zero-order chi connectivity index (χ0) is 22.0. The summed E-state index contributed by atoms with van der Waals surface area (Å²) >= 11 is 5.97. The van der Waals surface area contributed by atoms with Crippen LogP contribution < -0.4 is 16.0 Å². The standard InChI is InChI=1S/C20H14ClFN2O6/c21-12-5-2-6-13(22)11(12)8-30-10-4-1-3-9(7-10)14-15(19(26)27)17(23)24-18(25)16(14)20(28)29/h1-7H,8H2,(H,26,27)(H,28,29)(H3,23,24,25). The summed E-state index contributed by atoms with van der Waals surface area (Å²) in [5.74, 6) is -4.04. The molecule has 5 N–H and O–H groups in total. The second-order valence-electron chi connectivity index (χ2n) is 6.12. The van der Waals surface area contributed by atoms with E-state index >= 15 is 0 Å². The molecule has 30 heavy (non-hydrogen) atoms. The number of halogens is 2. The maximum atomic E-state index is 13.9. The van der Waals surface area contributed by atoms with E-state index in [1.54, 1.807) is 0 Å². The number of H-pyrrole nitrogens is 1. The lowest BCUT2D eigenvalue weighted by Crippen LogP contribution is -2.24. The highest BCUT2D eigenvalue weighted by Gasteiger charge is 2.26. The predicted octanol–water partition coefficient (Wildman–Crippen LogP) is 3.39. The Balaban J connectivity index is 2.09. The average Bonchev–Trinajstić information content (AvgIpc) is 2.66. The molecule has 0 radical (unpaired) electrons. The number of hydrogen-bond donors (Lipinski definition) is 4. The molecule has 8 nitrogen and oxygen atoms in total. The van der Waals surface area contributed by atoms with Crippen LogP contribution in [0.5, 0.6) is 5.75 Å². The number of benzene rings is 2. The first-order chi connectivity index (χ1) is 14.2. The van der Waals surface area contributed by atoms with Crippen LogP contribution in [0.3, 0.4) is 0 Å². The monoisotopic (exact) mass is 432 g/mol. The number of carbonyl (C=O) groups is 2. The molecule has 2 aromatic carbocycles. The third-order valence-corrected chi connectivity index (χ3v) is 4.59. The first-order valence-electron chi connectivity index (χ1n) is 8.39. The van der Waals surface area contributed by atoms with Crippen molar-refractivity contribution in [1.82, 2.24) is 4.98 Å². The SMILES string of the molecule is Nc1[nH]c(=O)c(C(=O)O)c(-c2cccc(OCc3c(F)cccc3Cl)c2)c1C(=O)O. The number of ether oxygens (including phenoxy) is 1. The molecule has 0 aliphatic rings. The number of rotatable bonds is 6. The Hall–Kier alpha value is -3.85. The summed E-state index contributed by atoms with van der Waals surface area (Å²) in [5.41, 5.74) is 3.03. The van der Waals surface area contributed by atoms with Gasteiger partial charge in [0.1, 0.15) is 35.1 Å². The number of nitrogen functional groups attached to an aromatic ring is 1. The highest BCUT2D eigenvalue weighted by Crippen LogP contribution is 2.32. The minimum Gasteiger partial charge on any atom is -0.489 e. The Morgan fingerprint density at radius 3 is 2.40 bits per heavy atom. The van der Waals surface area contributed by atoms with E-state index in [1.165, 1.54) is 42.5 Å². The molecule has 154 valence electrons. The Bertz CT molecular complexity index is 1200. The third kappa shape index (κ3) is 3.96. The van der Waals surface area contributed by atoms with Crippen LogP contribution in [0.15, 0.2) is 47.3 Å². The molecule has 0 fully saturated rings. The van der Waals surface area contributed by atoms with Gasteiger partial charge in [0.05, 0.1) is 5.02 Å². The number of aromatic carboxylic acids is 2. The van der Waals surface area contributed by atoms with Crippen molar-refractivity contribution < 1.29 is 28.9 Å². The van der Waals surface area contributed by atoms with Crippen molar-refractivity contribution in [2.45, 2.75) is 6.61 Å². The topological polar surface area (TPSA) is 143 Å². The minimum absolute atomic E-state index is 0.0692. The van der Waals surface area contributed by atoms with Crippen LogP contribution in [0.4, 0.5) is 10.2 Å². The van der Waals surface area contributed by atoms with E-state index in [1.807, 2.05) is 4.98 Å². The first kappa shape index (κ1) is 20.9. The summed E-state index contributed by atoms with van der Waals surface area (Å²) in [6, 6.07) is 9.84. The Labute approximate surface area is 173 Å². The van der Waals surface area contributed by atoms with Gasteiger partial charge >= 0.3 is 11.9 Å². The van der Waals surface area contributed by atoms with Gasteiger partial charge < -0.3 is 25.7 Å². The van der Waals surface area contributed by atoms with Crippen LogP contribution in [0.2, 0.25) is 5.02 Å². The average molecular weight is 433 g/mol. The number of hydrogen-bond acceptors (Lipinski definition) is 5. The van der Waals surface area contributed by atoms with Gasteiger partial charge in [-0.15, -0.1) is 0 Å². The van der Waals surface area contributed by atoms with E-state index < -0.39 is 40.3 Å². The summed E-state index contributed by atoms with van der Waals surface area (Å²) in [4.78, 5) is 37.5. The number of nitrogens with one attached hydrogen (secondary N) is 1. The molecule has 1 aromatic heterocycles. The molecule has 0 saturated heterocycles. The van der Waals surface area contributed by atoms with Gasteiger partial charge in [-0.3, -0.25) is 4.79 Å². The van der Waals surface area contributed by atoms with Crippen LogP contribution >= 0.6 is 11.6 Å². The van der Waals surface area contributed by atoms with E-state index in [4.69, 9.17) is 22.1 Å². The smallest absolute Gasteiger partial charge is 0.342 e. The third-order valence-electron chi connectivity index (χ3n) is 4.24. The number of pyridine rings is 1. The zero-order valence-electron chi connectivity index (χ0n) is 15.1. The van der Waals surface area contributed by atoms with Gasteiger partial charge in [0.15, 0.2) is 0 Å². The molecule has 0 saturated carbocycles. The second kappa shape index (κ2) is 8.26. The molecule has 3 aromatic rings. The largest absolute Gasteiger partial charge is 0.489 e. The van der Waals surface area contributed by atoms with E-state index in [-0.39, 0.29) is 34.1 Å².